The zero-order valence-corrected chi connectivity index (χ0v) is 13.9. The van der Waals surface area contributed by atoms with Crippen LogP contribution in [0.5, 0.6) is 0 Å². The molecule has 1 atom stereocenters. The molecule has 1 aromatic heterocycles. The lowest BCUT2D eigenvalue weighted by Crippen LogP contribution is -2.40. The first-order valence-corrected chi connectivity index (χ1v) is 8.90. The van der Waals surface area contributed by atoms with E-state index in [4.69, 9.17) is 4.74 Å². The first-order chi connectivity index (χ1) is 11.6. The number of benzene rings is 1. The van der Waals surface area contributed by atoms with Gasteiger partial charge in [0.25, 0.3) is 5.91 Å². The molecule has 0 aliphatic carbocycles. The summed E-state index contributed by atoms with van der Waals surface area (Å²) in [6.07, 6.45) is 1.39. The van der Waals surface area contributed by atoms with E-state index in [1.54, 1.807) is 22.5 Å². The Labute approximate surface area is 143 Å². The van der Waals surface area contributed by atoms with E-state index in [9.17, 15) is 14.7 Å². The third-order valence-electron chi connectivity index (χ3n) is 5.30. The van der Waals surface area contributed by atoms with Gasteiger partial charge in [0.15, 0.2) is 0 Å². The van der Waals surface area contributed by atoms with E-state index in [2.05, 4.69) is 4.98 Å². The molecule has 2 aliphatic rings. The van der Waals surface area contributed by atoms with Crippen LogP contribution >= 0.6 is 11.3 Å². The predicted octanol–water partition coefficient (Wildman–Crippen LogP) is 2.25. The van der Waals surface area contributed by atoms with E-state index < -0.39 is 11.9 Å². The normalized spacial score (nSPS) is 23.0. The fraction of sp³-hybridized carbons (Fsp3) is 0.471. The van der Waals surface area contributed by atoms with E-state index in [0.29, 0.717) is 38.2 Å². The Hall–Kier alpha value is -1.99. The summed E-state index contributed by atoms with van der Waals surface area (Å²) in [4.78, 5) is 30.6. The summed E-state index contributed by atoms with van der Waals surface area (Å²) < 4.78 is 6.44. The largest absolute Gasteiger partial charge is 0.481 e. The van der Waals surface area contributed by atoms with Crippen molar-refractivity contribution in [2.75, 3.05) is 26.3 Å². The number of carbonyl (C=O) groups excluding carboxylic acids is 1. The number of carbonyl (C=O) groups is 2. The summed E-state index contributed by atoms with van der Waals surface area (Å²) in [5.74, 6) is -1.45. The Kier molecular flexibility index (Phi) is 3.77. The fourth-order valence-corrected chi connectivity index (χ4v) is 4.58. The highest BCUT2D eigenvalue weighted by Crippen LogP contribution is 2.44. The topological polar surface area (TPSA) is 79.7 Å². The number of carboxylic acid groups (broad SMARTS) is 1. The average Bonchev–Trinajstić information content (AvgIpc) is 3.19. The van der Waals surface area contributed by atoms with E-state index in [-0.39, 0.29) is 17.9 Å². The van der Waals surface area contributed by atoms with Crippen LogP contribution in [0.15, 0.2) is 23.7 Å². The van der Waals surface area contributed by atoms with Crippen molar-refractivity contribution in [1.29, 1.82) is 0 Å². The molecule has 1 unspecified atom stereocenters. The number of rotatable bonds is 2. The molecule has 6 nitrogen and oxygen atoms in total. The van der Waals surface area contributed by atoms with Crippen molar-refractivity contribution < 1.29 is 19.4 Å². The molecule has 2 aromatic rings. The second-order valence-electron chi connectivity index (χ2n) is 6.59. The molecular formula is C17H18N2O4S. The molecule has 1 amide bonds. The molecule has 2 saturated heterocycles. The third kappa shape index (κ3) is 2.48. The van der Waals surface area contributed by atoms with Crippen molar-refractivity contribution >= 4 is 33.4 Å². The molecule has 4 rings (SSSR count). The third-order valence-corrected chi connectivity index (χ3v) is 6.11. The van der Waals surface area contributed by atoms with Gasteiger partial charge in [0.05, 0.1) is 21.6 Å². The molecule has 1 aromatic carbocycles. The molecule has 1 spiro atoms. The number of carboxylic acids is 1. The highest BCUT2D eigenvalue weighted by atomic mass is 32.1. The molecular weight excluding hydrogens is 328 g/mol. The van der Waals surface area contributed by atoms with Gasteiger partial charge in [-0.15, -0.1) is 11.3 Å². The minimum Gasteiger partial charge on any atom is -0.481 e. The van der Waals surface area contributed by atoms with Crippen molar-refractivity contribution in [3.63, 3.8) is 0 Å². The van der Waals surface area contributed by atoms with Gasteiger partial charge < -0.3 is 14.7 Å². The number of nitrogens with zero attached hydrogens (tertiary/aromatic N) is 2. The predicted molar refractivity (Wildman–Crippen MR) is 89.1 cm³/mol. The second-order valence-corrected chi connectivity index (χ2v) is 7.47. The van der Waals surface area contributed by atoms with Crippen LogP contribution in [0.1, 0.15) is 23.2 Å². The smallest absolute Gasteiger partial charge is 0.308 e. The number of aliphatic carboxylic acids is 1. The highest BCUT2D eigenvalue weighted by molar-refractivity contribution is 7.16. The number of aromatic nitrogens is 1. The molecule has 1 N–H and O–H groups in total. The van der Waals surface area contributed by atoms with Crippen LogP contribution in [0.25, 0.3) is 10.2 Å². The lowest BCUT2D eigenvalue weighted by Gasteiger charge is -2.36. The van der Waals surface area contributed by atoms with Gasteiger partial charge in [-0.2, -0.15) is 0 Å². The van der Waals surface area contributed by atoms with Crippen molar-refractivity contribution in [3.05, 3.63) is 29.3 Å². The van der Waals surface area contributed by atoms with Crippen molar-refractivity contribution in [2.45, 2.75) is 12.8 Å². The minimum absolute atomic E-state index is 0.112. The Bertz CT molecular complexity index is 797. The number of hydrogen-bond donors (Lipinski definition) is 1. The van der Waals surface area contributed by atoms with E-state index in [0.717, 1.165) is 10.2 Å². The molecule has 24 heavy (non-hydrogen) atoms. The molecule has 126 valence electrons. The maximum absolute atomic E-state index is 12.9. The summed E-state index contributed by atoms with van der Waals surface area (Å²) >= 11 is 1.53. The minimum atomic E-state index is -0.817. The van der Waals surface area contributed by atoms with E-state index in [1.807, 2.05) is 6.07 Å². The van der Waals surface area contributed by atoms with Gasteiger partial charge in [-0.25, -0.2) is 4.98 Å². The van der Waals surface area contributed by atoms with Gasteiger partial charge in [0.1, 0.15) is 0 Å². The van der Waals surface area contributed by atoms with Crippen LogP contribution in [-0.4, -0.2) is 53.2 Å². The van der Waals surface area contributed by atoms with Gasteiger partial charge >= 0.3 is 5.97 Å². The Morgan fingerprint density at radius 2 is 2.12 bits per heavy atom. The summed E-state index contributed by atoms with van der Waals surface area (Å²) in [7, 11) is 0. The van der Waals surface area contributed by atoms with Gasteiger partial charge in [0.2, 0.25) is 0 Å². The molecule has 0 radical (unpaired) electrons. The Morgan fingerprint density at radius 3 is 2.88 bits per heavy atom. The van der Waals surface area contributed by atoms with Crippen LogP contribution in [0, 0.1) is 11.3 Å². The number of ether oxygens (including phenoxy) is 1. The van der Waals surface area contributed by atoms with Crippen LogP contribution in [0.4, 0.5) is 0 Å². The maximum Gasteiger partial charge on any atom is 0.308 e. The number of hydrogen-bond acceptors (Lipinski definition) is 5. The second kappa shape index (κ2) is 5.82. The van der Waals surface area contributed by atoms with Gasteiger partial charge in [0, 0.05) is 37.3 Å². The van der Waals surface area contributed by atoms with Crippen molar-refractivity contribution in [2.24, 2.45) is 11.3 Å². The van der Waals surface area contributed by atoms with Crippen LogP contribution < -0.4 is 0 Å². The zero-order valence-electron chi connectivity index (χ0n) is 13.1. The number of amides is 1. The summed E-state index contributed by atoms with van der Waals surface area (Å²) in [5.41, 5.74) is 2.78. The fourth-order valence-electron chi connectivity index (χ4n) is 3.92. The molecule has 3 heterocycles. The first-order valence-electron chi connectivity index (χ1n) is 8.02. The highest BCUT2D eigenvalue weighted by Gasteiger charge is 2.52. The Morgan fingerprint density at radius 1 is 1.33 bits per heavy atom. The molecule has 0 saturated carbocycles. The van der Waals surface area contributed by atoms with Gasteiger partial charge in [-0.05, 0) is 31.0 Å². The molecule has 0 bridgehead atoms. The van der Waals surface area contributed by atoms with Crippen molar-refractivity contribution in [3.8, 4) is 0 Å². The number of thiazole rings is 1. The van der Waals surface area contributed by atoms with E-state index >= 15 is 0 Å². The number of fused-ring (bicyclic) bond motifs is 1. The number of likely N-dealkylation sites (tertiary alicyclic amines) is 1. The summed E-state index contributed by atoms with van der Waals surface area (Å²) in [5, 5.41) is 9.63. The van der Waals surface area contributed by atoms with E-state index in [1.165, 1.54) is 11.3 Å². The first kappa shape index (κ1) is 15.5. The average molecular weight is 346 g/mol. The Balaban J connectivity index is 1.61. The van der Waals surface area contributed by atoms with Crippen molar-refractivity contribution in [1.82, 2.24) is 9.88 Å². The maximum atomic E-state index is 12.9. The standard InChI is InChI=1S/C17H18N2O4S/c20-15(11-1-2-14-13(7-11)18-10-24-14)19-8-12(16(21)22)17(9-19)3-5-23-6-4-17/h1-2,7,10,12H,3-6,8-9H2,(H,21,22). The molecule has 7 heteroatoms. The van der Waals surface area contributed by atoms with Gasteiger partial charge in [-0.3, -0.25) is 9.59 Å². The quantitative estimate of drug-likeness (QED) is 0.902. The van der Waals surface area contributed by atoms with Crippen LogP contribution in [0.2, 0.25) is 0 Å². The summed E-state index contributed by atoms with van der Waals surface area (Å²) in [6.45, 7) is 1.89. The monoisotopic (exact) mass is 346 g/mol. The van der Waals surface area contributed by atoms with Gasteiger partial charge in [-0.1, -0.05) is 0 Å². The van der Waals surface area contributed by atoms with Crippen LogP contribution in [-0.2, 0) is 9.53 Å². The lowest BCUT2D eigenvalue weighted by atomic mass is 9.72. The molecule has 2 fully saturated rings. The zero-order chi connectivity index (χ0) is 16.7. The SMILES string of the molecule is O=C(O)C1CN(C(=O)c2ccc3scnc3c2)CC12CCOCC2. The summed E-state index contributed by atoms with van der Waals surface area (Å²) in [6, 6.07) is 5.49. The molecule has 2 aliphatic heterocycles. The van der Waals surface area contributed by atoms with Crippen LogP contribution in [0.3, 0.4) is 0 Å². The lowest BCUT2D eigenvalue weighted by molar-refractivity contribution is -0.146.